The highest BCUT2D eigenvalue weighted by Crippen LogP contribution is 2.29. The Morgan fingerprint density at radius 3 is 2.97 bits per heavy atom. The van der Waals surface area contributed by atoms with E-state index in [-0.39, 0.29) is 22.7 Å². The summed E-state index contributed by atoms with van der Waals surface area (Å²) in [6.45, 7) is 4.64. The first-order chi connectivity index (χ1) is 18.6. The molecular weight excluding hydrogens is 506 g/mol. The molecule has 0 radical (unpaired) electrons. The molecule has 0 bridgehead atoms. The largest absolute Gasteiger partial charge is 0.489 e. The van der Waals surface area contributed by atoms with Crippen LogP contribution >= 0.6 is 11.3 Å². The van der Waals surface area contributed by atoms with Crippen LogP contribution in [0, 0.1) is 0 Å². The first-order valence-corrected chi connectivity index (χ1v) is 13.6. The number of fused-ring (bicyclic) bond motifs is 1. The van der Waals surface area contributed by atoms with Gasteiger partial charge in [-0.3, -0.25) is 14.3 Å². The standard InChI is InChI=1S/C26H29N7O4S/c1-31-23-20(5-2-6-21(23)37-15-17-4-3-13-36-17)33(26(31)35)22-16-38-25(30-22)24(34)29-18-14-28-8-7-19(18)32-11-9-27-10-12-32/h2,5-8,14,16-17,27H,3-4,9-13,15H2,1H3,(H,29,34)/t17-/m1/s1. The van der Waals surface area contributed by atoms with Gasteiger partial charge in [0, 0.05) is 51.4 Å². The number of hydrogen-bond donors (Lipinski definition) is 2. The number of nitrogens with zero attached hydrogens (tertiary/aromatic N) is 5. The van der Waals surface area contributed by atoms with Crippen LogP contribution < -0.4 is 26.0 Å². The highest BCUT2D eigenvalue weighted by atomic mass is 32.1. The molecule has 11 nitrogen and oxygen atoms in total. The number of aromatic nitrogens is 4. The fraction of sp³-hybridized carbons (Fsp3) is 0.385. The minimum Gasteiger partial charge on any atom is -0.489 e. The number of hydrogen-bond acceptors (Lipinski definition) is 9. The third kappa shape index (κ3) is 4.66. The molecule has 0 aliphatic carbocycles. The van der Waals surface area contributed by atoms with Gasteiger partial charge in [0.2, 0.25) is 0 Å². The van der Waals surface area contributed by atoms with Gasteiger partial charge in [0.05, 0.1) is 29.2 Å². The van der Waals surface area contributed by atoms with E-state index in [0.717, 1.165) is 51.3 Å². The van der Waals surface area contributed by atoms with Gasteiger partial charge in [-0.25, -0.2) is 14.3 Å². The summed E-state index contributed by atoms with van der Waals surface area (Å²) in [4.78, 5) is 37.4. The molecule has 1 aromatic carbocycles. The lowest BCUT2D eigenvalue weighted by molar-refractivity contribution is 0.0684. The Morgan fingerprint density at radius 1 is 1.29 bits per heavy atom. The normalized spacial score (nSPS) is 17.7. The molecule has 6 rings (SSSR count). The summed E-state index contributed by atoms with van der Waals surface area (Å²) in [5, 5.41) is 8.27. The highest BCUT2D eigenvalue weighted by molar-refractivity contribution is 7.12. The summed E-state index contributed by atoms with van der Waals surface area (Å²) in [5.41, 5.74) is 2.62. The Kier molecular flexibility index (Phi) is 6.83. The minimum atomic E-state index is -0.348. The lowest BCUT2D eigenvalue weighted by Crippen LogP contribution is -2.43. The Labute approximate surface area is 223 Å². The fourth-order valence-corrected chi connectivity index (χ4v) is 5.67. The van der Waals surface area contributed by atoms with Gasteiger partial charge in [-0.05, 0) is 31.0 Å². The predicted molar refractivity (Wildman–Crippen MR) is 146 cm³/mol. The molecule has 198 valence electrons. The summed E-state index contributed by atoms with van der Waals surface area (Å²) < 4.78 is 14.8. The van der Waals surface area contributed by atoms with E-state index in [1.54, 1.807) is 29.4 Å². The molecule has 2 fully saturated rings. The lowest BCUT2D eigenvalue weighted by atomic mass is 10.2. The summed E-state index contributed by atoms with van der Waals surface area (Å²) >= 11 is 1.19. The van der Waals surface area contributed by atoms with Gasteiger partial charge in [-0.2, -0.15) is 0 Å². The zero-order chi connectivity index (χ0) is 26.1. The summed E-state index contributed by atoms with van der Waals surface area (Å²) in [6, 6.07) is 7.46. The number of anilines is 2. The quantitative estimate of drug-likeness (QED) is 0.371. The smallest absolute Gasteiger partial charge is 0.334 e. The van der Waals surface area contributed by atoms with E-state index in [9.17, 15) is 9.59 Å². The van der Waals surface area contributed by atoms with Crippen molar-refractivity contribution in [3.05, 3.63) is 57.5 Å². The van der Waals surface area contributed by atoms with Gasteiger partial charge >= 0.3 is 5.69 Å². The molecule has 3 aromatic heterocycles. The SMILES string of the molecule is Cn1c(=O)n(-c2csc(C(=O)Nc3cnccc3N3CCNCC3)n2)c2cccc(OC[C@H]3CCCO3)c21. The molecule has 1 amide bonds. The summed E-state index contributed by atoms with van der Waals surface area (Å²) in [7, 11) is 1.71. The topological polar surface area (TPSA) is 116 Å². The molecule has 0 unspecified atom stereocenters. The zero-order valence-corrected chi connectivity index (χ0v) is 21.9. The lowest BCUT2D eigenvalue weighted by Gasteiger charge is -2.30. The number of pyridine rings is 1. The van der Waals surface area contributed by atoms with Crippen molar-refractivity contribution in [1.82, 2.24) is 24.4 Å². The maximum Gasteiger partial charge on any atom is 0.334 e. The van der Waals surface area contributed by atoms with E-state index in [1.807, 2.05) is 24.3 Å². The van der Waals surface area contributed by atoms with Gasteiger partial charge in [-0.1, -0.05) is 6.07 Å². The van der Waals surface area contributed by atoms with Gasteiger partial charge in [-0.15, -0.1) is 11.3 Å². The molecule has 0 spiro atoms. The average Bonchev–Trinajstić information content (AvgIpc) is 3.70. The number of aryl methyl sites for hydroxylation is 1. The molecule has 4 aromatic rings. The highest BCUT2D eigenvalue weighted by Gasteiger charge is 2.22. The summed E-state index contributed by atoms with van der Waals surface area (Å²) in [5.74, 6) is 0.654. The van der Waals surface area contributed by atoms with Crippen LogP contribution in [0.2, 0.25) is 0 Å². The van der Waals surface area contributed by atoms with Crippen LogP contribution in [0.15, 0.2) is 46.8 Å². The van der Waals surface area contributed by atoms with Crippen LogP contribution in [0.1, 0.15) is 22.6 Å². The summed E-state index contributed by atoms with van der Waals surface area (Å²) in [6.07, 6.45) is 5.44. The number of piperazine rings is 1. The number of thiazole rings is 1. The first-order valence-electron chi connectivity index (χ1n) is 12.7. The second kappa shape index (κ2) is 10.6. The third-order valence-corrected chi connectivity index (χ3v) is 7.73. The molecule has 0 saturated carbocycles. The van der Waals surface area contributed by atoms with E-state index in [1.165, 1.54) is 15.9 Å². The molecule has 2 N–H and O–H groups in total. The van der Waals surface area contributed by atoms with Crippen molar-refractivity contribution >= 4 is 39.7 Å². The van der Waals surface area contributed by atoms with Crippen molar-refractivity contribution in [2.24, 2.45) is 7.05 Å². The van der Waals surface area contributed by atoms with E-state index in [4.69, 9.17) is 9.47 Å². The Morgan fingerprint density at radius 2 is 2.16 bits per heavy atom. The zero-order valence-electron chi connectivity index (χ0n) is 21.1. The third-order valence-electron chi connectivity index (χ3n) is 6.90. The van der Waals surface area contributed by atoms with Gasteiger partial charge in [0.1, 0.15) is 17.9 Å². The number of para-hydroxylation sites is 1. The molecular formula is C26H29N7O4S. The molecule has 2 aliphatic heterocycles. The molecule has 2 saturated heterocycles. The molecule has 38 heavy (non-hydrogen) atoms. The maximum absolute atomic E-state index is 13.3. The van der Waals surface area contributed by atoms with Gasteiger partial charge in [0.15, 0.2) is 10.8 Å². The van der Waals surface area contributed by atoms with Crippen LogP contribution in [0.25, 0.3) is 16.9 Å². The van der Waals surface area contributed by atoms with Crippen molar-refractivity contribution in [3.63, 3.8) is 0 Å². The van der Waals surface area contributed by atoms with E-state index >= 15 is 0 Å². The molecule has 12 heteroatoms. The fourth-order valence-electron chi connectivity index (χ4n) is 4.99. The number of carbonyl (C=O) groups excluding carboxylic acids is 1. The van der Waals surface area contributed by atoms with Crippen molar-refractivity contribution in [1.29, 1.82) is 0 Å². The number of rotatable bonds is 7. The monoisotopic (exact) mass is 535 g/mol. The van der Waals surface area contributed by atoms with Gasteiger partial charge < -0.3 is 25.0 Å². The van der Waals surface area contributed by atoms with Crippen LogP contribution in [0.4, 0.5) is 11.4 Å². The minimum absolute atomic E-state index is 0.0656. The molecule has 5 heterocycles. The number of nitrogens with one attached hydrogen (secondary N) is 2. The van der Waals surface area contributed by atoms with Crippen molar-refractivity contribution < 1.29 is 14.3 Å². The van der Waals surface area contributed by atoms with Crippen molar-refractivity contribution in [3.8, 4) is 11.6 Å². The first kappa shape index (κ1) is 24.6. The van der Waals surface area contributed by atoms with E-state index < -0.39 is 0 Å². The van der Waals surface area contributed by atoms with Crippen molar-refractivity contribution in [2.45, 2.75) is 18.9 Å². The average molecular weight is 536 g/mol. The number of benzene rings is 1. The number of carbonyl (C=O) groups is 1. The van der Waals surface area contributed by atoms with Crippen LogP contribution in [-0.4, -0.2) is 70.5 Å². The Bertz CT molecular complexity index is 1520. The van der Waals surface area contributed by atoms with E-state index in [0.29, 0.717) is 34.9 Å². The second-order valence-corrected chi connectivity index (χ2v) is 10.2. The number of ether oxygens (including phenoxy) is 2. The Hall–Kier alpha value is -3.74. The second-order valence-electron chi connectivity index (χ2n) is 9.34. The number of imidazole rings is 1. The maximum atomic E-state index is 13.3. The Balaban J connectivity index is 1.26. The molecule has 2 aliphatic rings. The number of amides is 1. The predicted octanol–water partition coefficient (Wildman–Crippen LogP) is 2.40. The molecule has 1 atom stereocenters. The van der Waals surface area contributed by atoms with Crippen LogP contribution in [0.5, 0.6) is 5.75 Å². The van der Waals surface area contributed by atoms with Crippen LogP contribution in [0.3, 0.4) is 0 Å². The van der Waals surface area contributed by atoms with E-state index in [2.05, 4.69) is 25.5 Å². The van der Waals surface area contributed by atoms with Gasteiger partial charge in [0.25, 0.3) is 5.91 Å². The van der Waals surface area contributed by atoms with Crippen LogP contribution in [-0.2, 0) is 11.8 Å². The van der Waals surface area contributed by atoms with Crippen molar-refractivity contribution in [2.75, 3.05) is 49.6 Å².